The first-order valence-corrected chi connectivity index (χ1v) is 13.2. The SMILES string of the molecule is C=N/C(=C\C(=C(/C)OC)c1ccc(C(F)(F)F)nc1)CNC(=O)[C@]1(C)C[C@@H](F)CN1S(=O)(=O)c1ccc(F)cc1. The van der Waals surface area contributed by atoms with Gasteiger partial charge >= 0.3 is 6.18 Å². The van der Waals surface area contributed by atoms with E-state index < -0.39 is 58.3 Å². The quantitative estimate of drug-likeness (QED) is 0.202. The summed E-state index contributed by atoms with van der Waals surface area (Å²) in [4.78, 5) is 20.3. The number of halogens is 5. The summed E-state index contributed by atoms with van der Waals surface area (Å²) in [7, 11) is -3.01. The molecule has 2 heterocycles. The molecule has 0 unspecified atom stereocenters. The van der Waals surface area contributed by atoms with Crippen LogP contribution < -0.4 is 5.32 Å². The van der Waals surface area contributed by atoms with E-state index in [9.17, 15) is 35.2 Å². The van der Waals surface area contributed by atoms with Crippen LogP contribution in [0.2, 0.25) is 0 Å². The molecule has 216 valence electrons. The van der Waals surface area contributed by atoms with E-state index in [1.807, 2.05) is 0 Å². The number of pyridine rings is 1. The zero-order valence-corrected chi connectivity index (χ0v) is 22.6. The van der Waals surface area contributed by atoms with Crippen molar-refractivity contribution in [3.05, 3.63) is 77.2 Å². The highest BCUT2D eigenvalue weighted by Gasteiger charge is 2.53. The molecule has 1 fully saturated rings. The second-order valence-electron chi connectivity index (χ2n) is 9.15. The number of carbonyl (C=O) groups excluding carboxylic acids is 1. The molecule has 40 heavy (non-hydrogen) atoms. The Hall–Kier alpha value is -3.65. The number of carbonyl (C=O) groups is 1. The van der Waals surface area contributed by atoms with Crippen LogP contribution >= 0.6 is 0 Å². The van der Waals surface area contributed by atoms with Crippen LogP contribution in [0.5, 0.6) is 0 Å². The van der Waals surface area contributed by atoms with Gasteiger partial charge < -0.3 is 10.1 Å². The van der Waals surface area contributed by atoms with Crippen molar-refractivity contribution in [1.29, 1.82) is 0 Å². The molecule has 1 N–H and O–H groups in total. The first-order valence-electron chi connectivity index (χ1n) is 11.8. The molecule has 1 amide bonds. The maximum absolute atomic E-state index is 14.5. The maximum Gasteiger partial charge on any atom is 0.433 e. The summed E-state index contributed by atoms with van der Waals surface area (Å²) in [5.74, 6) is -1.18. The number of benzene rings is 1. The Morgan fingerprint density at radius 1 is 1.27 bits per heavy atom. The number of allylic oxidation sites excluding steroid dienone is 3. The molecule has 1 saturated heterocycles. The van der Waals surface area contributed by atoms with Gasteiger partial charge in [-0.15, -0.1) is 0 Å². The highest BCUT2D eigenvalue weighted by atomic mass is 32.2. The van der Waals surface area contributed by atoms with Gasteiger partial charge in [0.2, 0.25) is 15.9 Å². The molecule has 3 rings (SSSR count). The van der Waals surface area contributed by atoms with E-state index in [4.69, 9.17) is 4.74 Å². The number of amides is 1. The van der Waals surface area contributed by atoms with Gasteiger partial charge in [0.15, 0.2) is 0 Å². The molecule has 1 aromatic carbocycles. The number of rotatable bonds is 9. The fourth-order valence-corrected chi connectivity index (χ4v) is 5.96. The predicted octanol–water partition coefficient (Wildman–Crippen LogP) is 4.51. The summed E-state index contributed by atoms with van der Waals surface area (Å²) in [6.45, 7) is 5.43. The number of hydrogen-bond donors (Lipinski definition) is 1. The Kier molecular flexibility index (Phi) is 9.14. The number of aliphatic imine (C=N–C) groups is 1. The van der Waals surface area contributed by atoms with Crippen LogP contribution in [0.15, 0.2) is 70.0 Å². The minimum atomic E-state index is -4.63. The number of alkyl halides is 4. The summed E-state index contributed by atoms with van der Waals surface area (Å²) in [6, 6.07) is 5.94. The number of nitrogens with zero attached hydrogens (tertiary/aromatic N) is 3. The Bertz CT molecular complexity index is 1420. The van der Waals surface area contributed by atoms with Crippen molar-refractivity contribution in [2.75, 3.05) is 20.2 Å². The highest BCUT2D eigenvalue weighted by molar-refractivity contribution is 7.89. The van der Waals surface area contributed by atoms with Crippen molar-refractivity contribution in [2.24, 2.45) is 4.99 Å². The fourth-order valence-electron chi connectivity index (χ4n) is 4.18. The number of aromatic nitrogens is 1. The van der Waals surface area contributed by atoms with Crippen LogP contribution in [-0.4, -0.2) is 62.2 Å². The zero-order valence-electron chi connectivity index (χ0n) is 21.8. The van der Waals surface area contributed by atoms with Crippen molar-refractivity contribution >= 4 is 28.2 Å². The van der Waals surface area contributed by atoms with Crippen molar-refractivity contribution < 1.29 is 39.9 Å². The average Bonchev–Trinajstić information content (AvgIpc) is 3.24. The Morgan fingerprint density at radius 2 is 1.93 bits per heavy atom. The summed E-state index contributed by atoms with van der Waals surface area (Å²) in [6.07, 6.45) is -4.26. The summed E-state index contributed by atoms with van der Waals surface area (Å²) >= 11 is 0. The summed E-state index contributed by atoms with van der Waals surface area (Å²) in [5, 5.41) is 2.54. The Balaban J connectivity index is 1.86. The molecule has 1 aromatic heterocycles. The monoisotopic (exact) mass is 586 g/mol. The predicted molar refractivity (Wildman–Crippen MR) is 138 cm³/mol. The van der Waals surface area contributed by atoms with Crippen LogP contribution in [0.1, 0.15) is 31.5 Å². The van der Waals surface area contributed by atoms with Crippen molar-refractivity contribution in [3.8, 4) is 0 Å². The normalized spacial score (nSPS) is 21.1. The third kappa shape index (κ3) is 6.55. The lowest BCUT2D eigenvalue weighted by Crippen LogP contribution is -2.55. The van der Waals surface area contributed by atoms with Crippen LogP contribution in [-0.2, 0) is 25.7 Å². The lowest BCUT2D eigenvalue weighted by Gasteiger charge is -2.32. The van der Waals surface area contributed by atoms with Crippen molar-refractivity contribution in [1.82, 2.24) is 14.6 Å². The van der Waals surface area contributed by atoms with E-state index in [0.29, 0.717) is 11.3 Å². The molecule has 2 aromatic rings. The number of nitrogens with one attached hydrogen (secondary N) is 1. The molecular formula is C26H27F5N4O4S. The molecule has 2 atom stereocenters. The summed E-state index contributed by atoms with van der Waals surface area (Å²) < 4.78 is 99.1. The second-order valence-corrected chi connectivity index (χ2v) is 11.0. The molecule has 1 aliphatic heterocycles. The van der Waals surface area contributed by atoms with Gasteiger partial charge in [0.05, 0.1) is 24.2 Å². The Morgan fingerprint density at radius 3 is 2.45 bits per heavy atom. The van der Waals surface area contributed by atoms with Crippen molar-refractivity contribution in [2.45, 2.75) is 43.1 Å². The third-order valence-electron chi connectivity index (χ3n) is 6.42. The van der Waals surface area contributed by atoms with Gasteiger partial charge in [0, 0.05) is 30.3 Å². The molecule has 0 aliphatic carbocycles. The average molecular weight is 587 g/mol. The van der Waals surface area contributed by atoms with Crippen LogP contribution in [0.25, 0.3) is 5.57 Å². The highest BCUT2D eigenvalue weighted by Crippen LogP contribution is 2.36. The van der Waals surface area contributed by atoms with E-state index in [-0.39, 0.29) is 22.7 Å². The van der Waals surface area contributed by atoms with Crippen LogP contribution in [0.3, 0.4) is 0 Å². The first-order chi connectivity index (χ1) is 18.6. The van der Waals surface area contributed by atoms with Crippen LogP contribution in [0.4, 0.5) is 22.0 Å². The van der Waals surface area contributed by atoms with Crippen molar-refractivity contribution in [3.63, 3.8) is 0 Å². The van der Waals surface area contributed by atoms with Gasteiger partial charge in [-0.2, -0.15) is 17.5 Å². The zero-order chi connectivity index (χ0) is 29.9. The molecule has 0 spiro atoms. The Labute approximate surface area is 228 Å². The topological polar surface area (TPSA) is 101 Å². The molecule has 8 nitrogen and oxygen atoms in total. The number of hydrogen-bond acceptors (Lipinski definition) is 6. The fraction of sp³-hybridized carbons (Fsp3) is 0.346. The van der Waals surface area contributed by atoms with E-state index in [0.717, 1.165) is 40.8 Å². The van der Waals surface area contributed by atoms with E-state index in [1.54, 1.807) is 6.92 Å². The van der Waals surface area contributed by atoms with E-state index in [2.05, 4.69) is 22.0 Å². The van der Waals surface area contributed by atoms with Gasteiger partial charge in [-0.3, -0.25) is 14.8 Å². The lowest BCUT2D eigenvalue weighted by molar-refractivity contribution is -0.141. The molecule has 1 aliphatic rings. The van der Waals surface area contributed by atoms with Crippen LogP contribution in [0, 0.1) is 5.82 Å². The number of sulfonamides is 1. The smallest absolute Gasteiger partial charge is 0.433 e. The van der Waals surface area contributed by atoms with Gasteiger partial charge in [0.1, 0.15) is 29.0 Å². The second kappa shape index (κ2) is 11.8. The third-order valence-corrected chi connectivity index (χ3v) is 8.42. The summed E-state index contributed by atoms with van der Waals surface area (Å²) in [5.41, 5.74) is -2.19. The standard InChI is InChI=1S/C26H27F5N4O4S/c1-16(39-4)22(17-5-10-23(33-13-17)26(29,30)31)11-20(32-3)14-34-24(36)25(2)12-19(28)15-35(25)40(37,38)21-8-6-18(27)7-9-21/h5-11,13,19H,3,12,14-15H2,1-2,4H3,(H,34,36)/b20-11-,22-16-/t19-,25+/m1/s1. The maximum atomic E-state index is 14.5. The lowest BCUT2D eigenvalue weighted by atomic mass is 9.98. The molecule has 0 bridgehead atoms. The van der Waals surface area contributed by atoms with E-state index >= 15 is 0 Å². The van der Waals surface area contributed by atoms with Gasteiger partial charge in [-0.25, -0.2) is 17.2 Å². The molecular weight excluding hydrogens is 559 g/mol. The molecule has 0 radical (unpaired) electrons. The van der Waals surface area contributed by atoms with Gasteiger partial charge in [0.25, 0.3) is 0 Å². The van der Waals surface area contributed by atoms with Gasteiger partial charge in [-0.1, -0.05) is 6.07 Å². The minimum Gasteiger partial charge on any atom is -0.501 e. The molecule has 14 heteroatoms. The largest absolute Gasteiger partial charge is 0.501 e. The molecule has 0 saturated carbocycles. The number of methoxy groups -OCH3 is 1. The number of ether oxygens (including phenoxy) is 1. The first kappa shape index (κ1) is 30.9. The van der Waals surface area contributed by atoms with Gasteiger partial charge in [-0.05, 0) is 57.0 Å². The van der Waals surface area contributed by atoms with E-state index in [1.165, 1.54) is 26.2 Å². The minimum absolute atomic E-state index is 0.144.